The molecule has 0 spiro atoms. The predicted octanol–water partition coefficient (Wildman–Crippen LogP) is 3.19. The standard InChI is InChI=1S/C20H23N3O5S/c1-5-17(24)21-13-6-8-14(9-7-13)22-20(29)23-19(25)12-10-15(26-2)18(28-4)16(11-12)27-3/h6-11H,5H2,1-4H3,(H,21,24)(H2,22,23,25,29). The molecule has 0 aliphatic carbocycles. The number of anilines is 2. The molecule has 0 bridgehead atoms. The second-order valence-electron chi connectivity index (χ2n) is 5.80. The lowest BCUT2D eigenvalue weighted by molar-refractivity contribution is -0.115. The van der Waals surface area contributed by atoms with Crippen LogP contribution in [0.5, 0.6) is 17.2 Å². The maximum Gasteiger partial charge on any atom is 0.257 e. The number of hydrogen-bond donors (Lipinski definition) is 3. The number of nitrogens with one attached hydrogen (secondary N) is 3. The van der Waals surface area contributed by atoms with Gasteiger partial charge in [-0.05, 0) is 48.6 Å². The molecule has 0 unspecified atom stereocenters. The zero-order valence-electron chi connectivity index (χ0n) is 16.6. The van der Waals surface area contributed by atoms with Gasteiger partial charge in [0.15, 0.2) is 16.6 Å². The number of ether oxygens (including phenoxy) is 3. The van der Waals surface area contributed by atoms with Crippen molar-refractivity contribution in [3.63, 3.8) is 0 Å². The first-order valence-electron chi connectivity index (χ1n) is 8.74. The van der Waals surface area contributed by atoms with E-state index < -0.39 is 5.91 Å². The van der Waals surface area contributed by atoms with Crippen LogP contribution in [0.3, 0.4) is 0 Å². The van der Waals surface area contributed by atoms with Gasteiger partial charge in [0.2, 0.25) is 11.7 Å². The van der Waals surface area contributed by atoms with Gasteiger partial charge >= 0.3 is 0 Å². The van der Waals surface area contributed by atoms with Crippen molar-refractivity contribution in [3.8, 4) is 17.2 Å². The van der Waals surface area contributed by atoms with E-state index in [1.54, 1.807) is 31.2 Å². The van der Waals surface area contributed by atoms with Crippen molar-refractivity contribution in [1.82, 2.24) is 5.32 Å². The largest absolute Gasteiger partial charge is 0.493 e. The Morgan fingerprint density at radius 2 is 1.41 bits per heavy atom. The first kappa shape index (κ1) is 22.0. The molecule has 2 amide bonds. The highest BCUT2D eigenvalue weighted by Gasteiger charge is 2.17. The van der Waals surface area contributed by atoms with Crippen LogP contribution in [0.25, 0.3) is 0 Å². The number of benzene rings is 2. The smallest absolute Gasteiger partial charge is 0.257 e. The van der Waals surface area contributed by atoms with Crippen molar-refractivity contribution >= 4 is 40.5 Å². The molecule has 154 valence electrons. The van der Waals surface area contributed by atoms with Crippen LogP contribution in [0.15, 0.2) is 36.4 Å². The minimum Gasteiger partial charge on any atom is -0.493 e. The van der Waals surface area contributed by atoms with Crippen molar-refractivity contribution in [3.05, 3.63) is 42.0 Å². The van der Waals surface area contributed by atoms with E-state index in [4.69, 9.17) is 26.4 Å². The second-order valence-corrected chi connectivity index (χ2v) is 6.21. The minimum atomic E-state index is -0.436. The van der Waals surface area contributed by atoms with E-state index in [-0.39, 0.29) is 11.0 Å². The fourth-order valence-electron chi connectivity index (χ4n) is 2.44. The fourth-order valence-corrected chi connectivity index (χ4v) is 2.65. The second kappa shape index (κ2) is 10.3. The number of thiocarbonyl (C=S) groups is 1. The Hall–Kier alpha value is -3.33. The molecule has 8 nitrogen and oxygen atoms in total. The maximum absolute atomic E-state index is 12.6. The summed E-state index contributed by atoms with van der Waals surface area (Å²) in [6.07, 6.45) is 0.400. The third-order valence-corrected chi connectivity index (χ3v) is 4.11. The Kier molecular flexibility index (Phi) is 7.79. The van der Waals surface area contributed by atoms with Gasteiger partial charge in [-0.15, -0.1) is 0 Å². The van der Waals surface area contributed by atoms with Gasteiger partial charge in [-0.25, -0.2) is 0 Å². The summed E-state index contributed by atoms with van der Waals surface area (Å²) in [6.45, 7) is 1.78. The molecule has 2 aromatic carbocycles. The van der Waals surface area contributed by atoms with Gasteiger partial charge in [0.1, 0.15) is 0 Å². The van der Waals surface area contributed by atoms with Crippen molar-refractivity contribution in [2.24, 2.45) is 0 Å². The molecule has 0 aliphatic rings. The van der Waals surface area contributed by atoms with E-state index >= 15 is 0 Å². The summed E-state index contributed by atoms with van der Waals surface area (Å²) in [4.78, 5) is 24.0. The van der Waals surface area contributed by atoms with Crippen LogP contribution in [0.2, 0.25) is 0 Å². The molecule has 0 aromatic heterocycles. The summed E-state index contributed by atoms with van der Waals surface area (Å²) >= 11 is 5.20. The molecule has 0 aliphatic heterocycles. The van der Waals surface area contributed by atoms with Gasteiger partial charge in [-0.2, -0.15) is 0 Å². The highest BCUT2D eigenvalue weighted by Crippen LogP contribution is 2.38. The Bertz CT molecular complexity index is 874. The van der Waals surface area contributed by atoms with E-state index in [9.17, 15) is 9.59 Å². The minimum absolute atomic E-state index is 0.0705. The highest BCUT2D eigenvalue weighted by atomic mass is 32.1. The van der Waals surface area contributed by atoms with Crippen molar-refractivity contribution in [2.45, 2.75) is 13.3 Å². The summed E-state index contributed by atoms with van der Waals surface area (Å²) < 4.78 is 15.8. The van der Waals surface area contributed by atoms with Crippen molar-refractivity contribution in [1.29, 1.82) is 0 Å². The average Bonchev–Trinajstić information content (AvgIpc) is 2.73. The normalized spacial score (nSPS) is 9.93. The molecular formula is C20H23N3O5S. The first-order chi connectivity index (χ1) is 13.9. The predicted molar refractivity (Wildman–Crippen MR) is 115 cm³/mol. The number of amides is 2. The molecular weight excluding hydrogens is 394 g/mol. The topological polar surface area (TPSA) is 97.9 Å². The molecule has 29 heavy (non-hydrogen) atoms. The van der Waals surface area contributed by atoms with Gasteiger partial charge < -0.3 is 24.8 Å². The zero-order valence-corrected chi connectivity index (χ0v) is 17.4. The molecule has 0 radical (unpaired) electrons. The molecule has 0 saturated carbocycles. The molecule has 3 N–H and O–H groups in total. The number of hydrogen-bond acceptors (Lipinski definition) is 6. The Labute approximate surface area is 174 Å². The summed E-state index contributed by atoms with van der Waals surface area (Å²) in [5.74, 6) is 0.608. The molecule has 0 atom stereocenters. The van der Waals surface area contributed by atoms with Crippen LogP contribution in [-0.2, 0) is 4.79 Å². The molecule has 0 fully saturated rings. The number of rotatable bonds is 7. The van der Waals surface area contributed by atoms with E-state index in [0.717, 1.165) is 0 Å². The Morgan fingerprint density at radius 1 is 0.897 bits per heavy atom. The number of carbonyl (C=O) groups is 2. The molecule has 9 heteroatoms. The van der Waals surface area contributed by atoms with E-state index in [2.05, 4.69) is 16.0 Å². The van der Waals surface area contributed by atoms with Gasteiger partial charge in [-0.1, -0.05) is 6.92 Å². The molecule has 2 aromatic rings. The SMILES string of the molecule is CCC(=O)Nc1ccc(NC(=S)NC(=O)c2cc(OC)c(OC)c(OC)c2)cc1. The number of methoxy groups -OCH3 is 3. The summed E-state index contributed by atoms with van der Waals surface area (Å²) in [7, 11) is 4.42. The van der Waals surface area contributed by atoms with Crippen LogP contribution in [0.4, 0.5) is 11.4 Å². The number of carbonyl (C=O) groups excluding carboxylic acids is 2. The quantitative estimate of drug-likeness (QED) is 0.595. The van der Waals surface area contributed by atoms with Gasteiger partial charge in [0.05, 0.1) is 21.3 Å². The van der Waals surface area contributed by atoms with Crippen LogP contribution < -0.4 is 30.2 Å². The summed E-state index contributed by atoms with van der Waals surface area (Å²) in [5.41, 5.74) is 1.63. The lowest BCUT2D eigenvalue weighted by Crippen LogP contribution is -2.34. The average molecular weight is 417 g/mol. The van der Waals surface area contributed by atoms with Crippen LogP contribution in [-0.4, -0.2) is 38.3 Å². The van der Waals surface area contributed by atoms with Gasteiger partial charge in [0, 0.05) is 23.4 Å². The molecule has 0 heterocycles. The lowest BCUT2D eigenvalue weighted by Gasteiger charge is -2.15. The molecule has 2 rings (SSSR count). The van der Waals surface area contributed by atoms with Gasteiger partial charge in [0.25, 0.3) is 5.91 Å². The fraction of sp³-hybridized carbons (Fsp3) is 0.250. The van der Waals surface area contributed by atoms with Crippen molar-refractivity contribution < 1.29 is 23.8 Å². The van der Waals surface area contributed by atoms with Crippen LogP contribution in [0, 0.1) is 0 Å². The first-order valence-corrected chi connectivity index (χ1v) is 9.14. The Morgan fingerprint density at radius 3 is 1.86 bits per heavy atom. The van der Waals surface area contributed by atoms with Gasteiger partial charge in [-0.3, -0.25) is 14.9 Å². The zero-order chi connectivity index (χ0) is 21.4. The van der Waals surface area contributed by atoms with E-state index in [0.29, 0.717) is 40.6 Å². The summed E-state index contributed by atoms with van der Waals surface area (Å²) in [5, 5.41) is 8.39. The monoisotopic (exact) mass is 417 g/mol. The third-order valence-electron chi connectivity index (χ3n) is 3.90. The van der Waals surface area contributed by atoms with E-state index in [1.165, 1.54) is 33.5 Å². The van der Waals surface area contributed by atoms with E-state index in [1.807, 2.05) is 0 Å². The summed E-state index contributed by atoms with van der Waals surface area (Å²) in [6, 6.07) is 10.0. The highest BCUT2D eigenvalue weighted by molar-refractivity contribution is 7.80. The maximum atomic E-state index is 12.6. The third kappa shape index (κ3) is 5.82. The van der Waals surface area contributed by atoms with Crippen molar-refractivity contribution in [2.75, 3.05) is 32.0 Å². The molecule has 0 saturated heterocycles. The Balaban J connectivity index is 2.05. The lowest BCUT2D eigenvalue weighted by atomic mass is 10.1. The van der Waals surface area contributed by atoms with Crippen LogP contribution in [0.1, 0.15) is 23.7 Å². The van der Waals surface area contributed by atoms with Crippen LogP contribution >= 0.6 is 12.2 Å².